The Hall–Kier alpha value is -2.89. The summed E-state index contributed by atoms with van der Waals surface area (Å²) in [5, 5.41) is 11.2. The lowest BCUT2D eigenvalue weighted by molar-refractivity contribution is -0.402. The van der Waals surface area contributed by atoms with Crippen molar-refractivity contribution in [2.75, 3.05) is 0 Å². The summed E-state index contributed by atoms with van der Waals surface area (Å²) >= 11 is 7.43. The molecule has 0 radical (unpaired) electrons. The average Bonchev–Trinajstić information content (AvgIpc) is 3.18. The van der Waals surface area contributed by atoms with Gasteiger partial charge in [0.05, 0.1) is 22.8 Å². The van der Waals surface area contributed by atoms with Crippen LogP contribution in [0.2, 0.25) is 5.02 Å². The Morgan fingerprint density at radius 3 is 2.88 bits per heavy atom. The molecule has 0 aliphatic rings. The number of amides is 1. The SMILES string of the molecule is C#CCn1c(=NC(=O)c2ccc([N+](=O)[O-])o2)sc2ccc(Cl)c(C)c21. The zero-order valence-corrected chi connectivity index (χ0v) is 14.4. The molecule has 0 spiro atoms. The smallest absolute Gasteiger partial charge is 0.395 e. The Kier molecular flexibility index (Phi) is 4.44. The molecule has 1 aromatic carbocycles. The molecule has 126 valence electrons. The third kappa shape index (κ3) is 3.07. The Balaban J connectivity index is 2.16. The van der Waals surface area contributed by atoms with E-state index in [-0.39, 0.29) is 12.3 Å². The Bertz CT molecular complexity index is 1120. The normalized spacial score (nSPS) is 11.6. The van der Waals surface area contributed by atoms with Crippen LogP contribution in [-0.2, 0) is 6.54 Å². The van der Waals surface area contributed by atoms with Gasteiger partial charge < -0.3 is 8.98 Å². The second-order valence-electron chi connectivity index (χ2n) is 5.01. The lowest BCUT2D eigenvalue weighted by Crippen LogP contribution is -2.16. The van der Waals surface area contributed by atoms with E-state index in [9.17, 15) is 14.9 Å². The molecule has 0 aliphatic carbocycles. The highest BCUT2D eigenvalue weighted by molar-refractivity contribution is 7.16. The van der Waals surface area contributed by atoms with E-state index in [1.807, 2.05) is 13.0 Å². The highest BCUT2D eigenvalue weighted by atomic mass is 35.5. The first kappa shape index (κ1) is 17.0. The lowest BCUT2D eigenvalue weighted by atomic mass is 10.2. The Morgan fingerprint density at radius 2 is 2.24 bits per heavy atom. The topological polar surface area (TPSA) is 90.6 Å². The number of aryl methyl sites for hydroxylation is 1. The van der Waals surface area contributed by atoms with Gasteiger partial charge in [0.25, 0.3) is 0 Å². The third-order valence-electron chi connectivity index (χ3n) is 3.46. The summed E-state index contributed by atoms with van der Waals surface area (Å²) < 4.78 is 7.46. The summed E-state index contributed by atoms with van der Waals surface area (Å²) in [4.78, 5) is 26.6. The summed E-state index contributed by atoms with van der Waals surface area (Å²) in [7, 11) is 0. The van der Waals surface area contributed by atoms with Crippen molar-refractivity contribution in [2.24, 2.45) is 4.99 Å². The van der Waals surface area contributed by atoms with Gasteiger partial charge in [0, 0.05) is 5.02 Å². The predicted molar refractivity (Wildman–Crippen MR) is 93.7 cm³/mol. The van der Waals surface area contributed by atoms with Gasteiger partial charge in [-0.05, 0) is 30.7 Å². The van der Waals surface area contributed by atoms with Crippen LogP contribution in [0.15, 0.2) is 33.7 Å². The predicted octanol–water partition coefficient (Wildman–Crippen LogP) is 3.54. The van der Waals surface area contributed by atoms with Crippen LogP contribution in [0.5, 0.6) is 0 Å². The summed E-state index contributed by atoms with van der Waals surface area (Å²) in [6.45, 7) is 2.05. The van der Waals surface area contributed by atoms with E-state index in [4.69, 9.17) is 22.4 Å². The average molecular weight is 376 g/mol. The minimum atomic E-state index is -0.728. The van der Waals surface area contributed by atoms with Crippen LogP contribution in [-0.4, -0.2) is 15.4 Å². The number of terminal acetylenes is 1. The fourth-order valence-corrected chi connectivity index (χ4v) is 3.56. The number of carbonyl (C=O) groups is 1. The van der Waals surface area contributed by atoms with Gasteiger partial charge in [0.15, 0.2) is 4.80 Å². The van der Waals surface area contributed by atoms with E-state index < -0.39 is 16.7 Å². The molecule has 1 amide bonds. The number of nitro groups is 1. The van der Waals surface area contributed by atoms with Crippen molar-refractivity contribution in [1.82, 2.24) is 4.57 Å². The van der Waals surface area contributed by atoms with Crippen molar-refractivity contribution in [1.29, 1.82) is 0 Å². The molecule has 0 aliphatic heterocycles. The van der Waals surface area contributed by atoms with Crippen LogP contribution in [0, 0.1) is 29.4 Å². The zero-order chi connectivity index (χ0) is 18.1. The van der Waals surface area contributed by atoms with Crippen LogP contribution in [0.3, 0.4) is 0 Å². The number of hydrogen-bond donors (Lipinski definition) is 0. The van der Waals surface area contributed by atoms with Gasteiger partial charge >= 0.3 is 11.8 Å². The van der Waals surface area contributed by atoms with Crippen molar-refractivity contribution in [3.8, 4) is 12.3 Å². The number of furan rings is 1. The molecule has 0 unspecified atom stereocenters. The van der Waals surface area contributed by atoms with Crippen LogP contribution >= 0.6 is 22.9 Å². The molecular weight excluding hydrogens is 366 g/mol. The molecule has 0 N–H and O–H groups in total. The zero-order valence-electron chi connectivity index (χ0n) is 12.9. The second-order valence-corrected chi connectivity index (χ2v) is 6.42. The van der Waals surface area contributed by atoms with Crippen molar-refractivity contribution in [3.63, 3.8) is 0 Å². The highest BCUT2D eigenvalue weighted by Gasteiger charge is 2.18. The van der Waals surface area contributed by atoms with Gasteiger partial charge in [-0.1, -0.05) is 28.9 Å². The lowest BCUT2D eigenvalue weighted by Gasteiger charge is -2.04. The van der Waals surface area contributed by atoms with Gasteiger partial charge in [-0.2, -0.15) is 4.99 Å². The summed E-state index contributed by atoms with van der Waals surface area (Å²) in [5.41, 5.74) is 1.63. The third-order valence-corrected chi connectivity index (χ3v) is 4.91. The number of hydrogen-bond acceptors (Lipinski definition) is 5. The molecular formula is C16H10ClN3O4S. The van der Waals surface area contributed by atoms with Crippen molar-refractivity contribution in [2.45, 2.75) is 13.5 Å². The van der Waals surface area contributed by atoms with Crippen LogP contribution in [0.4, 0.5) is 5.88 Å². The number of nitrogens with zero attached hydrogens (tertiary/aromatic N) is 3. The Labute approximate surface area is 150 Å². The van der Waals surface area contributed by atoms with Crippen molar-refractivity contribution < 1.29 is 14.1 Å². The fourth-order valence-electron chi connectivity index (χ4n) is 2.32. The molecule has 0 fully saturated rings. The molecule has 25 heavy (non-hydrogen) atoms. The molecule has 2 aromatic heterocycles. The molecule has 7 nitrogen and oxygen atoms in total. The number of benzene rings is 1. The summed E-state index contributed by atoms with van der Waals surface area (Å²) in [6.07, 6.45) is 5.43. The van der Waals surface area contributed by atoms with Gasteiger partial charge in [0.2, 0.25) is 5.76 Å². The minimum Gasteiger partial charge on any atom is -0.395 e. The molecule has 9 heteroatoms. The summed E-state index contributed by atoms with van der Waals surface area (Å²) in [5.74, 6) is 1.06. The van der Waals surface area contributed by atoms with E-state index in [0.29, 0.717) is 9.82 Å². The van der Waals surface area contributed by atoms with Gasteiger partial charge in [-0.15, -0.1) is 6.42 Å². The van der Waals surface area contributed by atoms with Crippen LogP contribution in [0.25, 0.3) is 10.2 Å². The molecule has 2 heterocycles. The maximum absolute atomic E-state index is 12.3. The second kappa shape index (κ2) is 6.55. The standard InChI is InChI=1S/C16H10ClN3O4S/c1-3-8-19-14-9(2)10(17)4-6-12(14)25-16(19)18-15(21)11-5-7-13(24-11)20(22)23/h1,4-7H,8H2,2H3. The van der Waals surface area contributed by atoms with Crippen molar-refractivity contribution >= 4 is 44.9 Å². The van der Waals surface area contributed by atoms with Crippen molar-refractivity contribution in [3.05, 3.63) is 55.5 Å². The number of aromatic nitrogens is 1. The van der Waals surface area contributed by atoms with E-state index in [1.54, 1.807) is 10.6 Å². The highest BCUT2D eigenvalue weighted by Crippen LogP contribution is 2.27. The number of fused-ring (bicyclic) bond motifs is 1. The monoisotopic (exact) mass is 375 g/mol. The molecule has 3 aromatic rings. The molecule has 3 rings (SSSR count). The first-order valence-corrected chi connectivity index (χ1v) is 8.17. The van der Waals surface area contributed by atoms with Gasteiger partial charge in [0.1, 0.15) is 4.92 Å². The maximum Gasteiger partial charge on any atom is 0.433 e. The van der Waals surface area contributed by atoms with Crippen LogP contribution < -0.4 is 4.80 Å². The number of rotatable bonds is 3. The van der Waals surface area contributed by atoms with E-state index >= 15 is 0 Å². The maximum atomic E-state index is 12.3. The van der Waals surface area contributed by atoms with E-state index in [1.165, 1.54) is 17.4 Å². The summed E-state index contributed by atoms with van der Waals surface area (Å²) in [6, 6.07) is 5.90. The fraction of sp³-hybridized carbons (Fsp3) is 0.125. The van der Waals surface area contributed by atoms with Gasteiger partial charge in [-0.3, -0.25) is 14.9 Å². The molecule has 0 saturated carbocycles. The quantitative estimate of drug-likeness (QED) is 0.397. The Morgan fingerprint density at radius 1 is 1.48 bits per heavy atom. The molecule has 0 bridgehead atoms. The largest absolute Gasteiger partial charge is 0.433 e. The first-order chi connectivity index (χ1) is 11.9. The number of carbonyl (C=O) groups excluding carboxylic acids is 1. The number of halogens is 1. The van der Waals surface area contributed by atoms with E-state index in [2.05, 4.69) is 10.9 Å². The minimum absolute atomic E-state index is 0.200. The first-order valence-electron chi connectivity index (χ1n) is 6.97. The van der Waals surface area contributed by atoms with E-state index in [0.717, 1.165) is 21.8 Å². The number of thiazole rings is 1. The van der Waals surface area contributed by atoms with Gasteiger partial charge in [-0.25, -0.2) is 0 Å². The molecule has 0 saturated heterocycles. The molecule has 0 atom stereocenters. The van der Waals surface area contributed by atoms with Crippen LogP contribution in [0.1, 0.15) is 16.1 Å².